The SMILES string of the molecule is O=C(CCc1nnc(-c2ccsc2)o1)NCCOc1ccc2c(c1)CCC(=O)N2. The number of nitrogens with zero attached hydrogens (tertiary/aromatic N) is 2. The Morgan fingerprint density at radius 1 is 1.28 bits per heavy atom. The molecule has 4 rings (SSSR count). The zero-order valence-corrected chi connectivity index (χ0v) is 16.5. The van der Waals surface area contributed by atoms with Gasteiger partial charge in [0, 0.05) is 35.9 Å². The molecule has 0 bridgehead atoms. The third-order valence-corrected chi connectivity index (χ3v) is 5.15. The normalized spacial score (nSPS) is 12.9. The smallest absolute Gasteiger partial charge is 0.248 e. The number of ether oxygens (including phenoxy) is 1. The van der Waals surface area contributed by atoms with Gasteiger partial charge in [-0.1, -0.05) is 0 Å². The molecule has 0 spiro atoms. The number of aryl methyl sites for hydroxylation is 2. The van der Waals surface area contributed by atoms with E-state index in [9.17, 15) is 9.59 Å². The second-order valence-electron chi connectivity index (χ2n) is 6.58. The van der Waals surface area contributed by atoms with Crippen molar-refractivity contribution >= 4 is 28.8 Å². The topological polar surface area (TPSA) is 106 Å². The molecule has 8 nitrogen and oxygen atoms in total. The number of carbonyl (C=O) groups excluding carboxylic acids is 2. The van der Waals surface area contributed by atoms with Crippen LogP contribution in [0.5, 0.6) is 5.75 Å². The molecule has 2 N–H and O–H groups in total. The van der Waals surface area contributed by atoms with Crippen LogP contribution >= 0.6 is 11.3 Å². The van der Waals surface area contributed by atoms with Gasteiger partial charge in [-0.3, -0.25) is 9.59 Å². The van der Waals surface area contributed by atoms with Crippen LogP contribution in [-0.2, 0) is 22.4 Å². The van der Waals surface area contributed by atoms with Gasteiger partial charge in [0.25, 0.3) is 0 Å². The molecule has 1 aromatic carbocycles. The van der Waals surface area contributed by atoms with E-state index in [0.29, 0.717) is 44.2 Å². The van der Waals surface area contributed by atoms with E-state index in [0.717, 1.165) is 22.6 Å². The van der Waals surface area contributed by atoms with Crippen LogP contribution in [0.1, 0.15) is 24.3 Å². The Morgan fingerprint density at radius 2 is 2.21 bits per heavy atom. The van der Waals surface area contributed by atoms with E-state index in [1.165, 1.54) is 0 Å². The van der Waals surface area contributed by atoms with Gasteiger partial charge in [-0.25, -0.2) is 0 Å². The summed E-state index contributed by atoms with van der Waals surface area (Å²) in [5, 5.41) is 17.5. The second-order valence-corrected chi connectivity index (χ2v) is 7.36. The Labute approximate surface area is 171 Å². The van der Waals surface area contributed by atoms with Gasteiger partial charge in [0.2, 0.25) is 23.6 Å². The summed E-state index contributed by atoms with van der Waals surface area (Å²) in [7, 11) is 0. The van der Waals surface area contributed by atoms with E-state index >= 15 is 0 Å². The molecule has 0 fully saturated rings. The van der Waals surface area contributed by atoms with E-state index in [4.69, 9.17) is 9.15 Å². The summed E-state index contributed by atoms with van der Waals surface area (Å²) in [6, 6.07) is 7.49. The van der Waals surface area contributed by atoms with Crippen molar-refractivity contribution in [2.24, 2.45) is 0 Å². The van der Waals surface area contributed by atoms with Gasteiger partial charge in [0.15, 0.2) is 0 Å². The van der Waals surface area contributed by atoms with E-state index in [-0.39, 0.29) is 18.2 Å². The van der Waals surface area contributed by atoms with Crippen molar-refractivity contribution in [1.29, 1.82) is 0 Å². The van der Waals surface area contributed by atoms with Crippen LogP contribution in [0.25, 0.3) is 11.5 Å². The summed E-state index contributed by atoms with van der Waals surface area (Å²) in [5.74, 6) is 1.58. The van der Waals surface area contributed by atoms with Crippen molar-refractivity contribution in [2.75, 3.05) is 18.5 Å². The Hall–Kier alpha value is -3.20. The maximum absolute atomic E-state index is 12.0. The summed E-state index contributed by atoms with van der Waals surface area (Å²) in [4.78, 5) is 23.4. The quantitative estimate of drug-likeness (QED) is 0.551. The molecule has 150 valence electrons. The first kappa shape index (κ1) is 19.1. The van der Waals surface area contributed by atoms with E-state index in [1.807, 2.05) is 35.0 Å². The fraction of sp³-hybridized carbons (Fsp3) is 0.300. The number of rotatable bonds is 8. The number of anilines is 1. The van der Waals surface area contributed by atoms with Crippen LogP contribution in [0.3, 0.4) is 0 Å². The average Bonchev–Trinajstić information content (AvgIpc) is 3.41. The van der Waals surface area contributed by atoms with Gasteiger partial charge in [-0.05, 0) is 41.6 Å². The van der Waals surface area contributed by atoms with Gasteiger partial charge in [0.05, 0.1) is 6.54 Å². The minimum absolute atomic E-state index is 0.0390. The molecular formula is C20H20N4O4S. The van der Waals surface area contributed by atoms with E-state index in [2.05, 4.69) is 20.8 Å². The van der Waals surface area contributed by atoms with Gasteiger partial charge in [-0.15, -0.1) is 10.2 Å². The number of thiophene rings is 1. The fourth-order valence-electron chi connectivity index (χ4n) is 2.98. The number of hydrogen-bond donors (Lipinski definition) is 2. The molecule has 0 saturated heterocycles. The van der Waals surface area contributed by atoms with Crippen LogP contribution in [0.4, 0.5) is 5.69 Å². The van der Waals surface area contributed by atoms with Gasteiger partial charge in [0.1, 0.15) is 12.4 Å². The minimum Gasteiger partial charge on any atom is -0.492 e. The molecule has 1 aliphatic rings. The summed E-state index contributed by atoms with van der Waals surface area (Å²) >= 11 is 1.56. The van der Waals surface area contributed by atoms with E-state index < -0.39 is 0 Å². The first-order valence-corrected chi connectivity index (χ1v) is 10.3. The number of fused-ring (bicyclic) bond motifs is 1. The molecule has 2 aromatic heterocycles. The molecular weight excluding hydrogens is 392 g/mol. The molecule has 0 aliphatic carbocycles. The highest BCUT2D eigenvalue weighted by atomic mass is 32.1. The lowest BCUT2D eigenvalue weighted by atomic mass is 10.0. The highest BCUT2D eigenvalue weighted by Gasteiger charge is 2.15. The van der Waals surface area contributed by atoms with Crippen LogP contribution in [0, 0.1) is 0 Å². The number of hydrogen-bond acceptors (Lipinski definition) is 7. The first-order chi connectivity index (χ1) is 14.2. The number of benzene rings is 1. The van der Waals surface area contributed by atoms with Gasteiger partial charge in [-0.2, -0.15) is 11.3 Å². The summed E-state index contributed by atoms with van der Waals surface area (Å²) in [5.41, 5.74) is 2.79. The largest absolute Gasteiger partial charge is 0.492 e. The van der Waals surface area contributed by atoms with Crippen molar-refractivity contribution in [3.8, 4) is 17.2 Å². The molecule has 29 heavy (non-hydrogen) atoms. The third kappa shape index (κ3) is 5.00. The molecule has 0 atom stereocenters. The van der Waals surface area contributed by atoms with Crippen LogP contribution < -0.4 is 15.4 Å². The van der Waals surface area contributed by atoms with Crippen molar-refractivity contribution in [3.05, 3.63) is 46.5 Å². The Kier molecular flexibility index (Phi) is 5.85. The van der Waals surface area contributed by atoms with Crippen molar-refractivity contribution in [3.63, 3.8) is 0 Å². The second kappa shape index (κ2) is 8.87. The fourth-order valence-corrected chi connectivity index (χ4v) is 3.60. The average molecular weight is 412 g/mol. The highest BCUT2D eigenvalue weighted by molar-refractivity contribution is 7.08. The van der Waals surface area contributed by atoms with Crippen LogP contribution in [0.2, 0.25) is 0 Å². The molecule has 3 aromatic rings. The van der Waals surface area contributed by atoms with Crippen molar-refractivity contribution in [2.45, 2.75) is 25.7 Å². The summed E-state index contributed by atoms with van der Waals surface area (Å²) < 4.78 is 11.3. The van der Waals surface area contributed by atoms with Gasteiger partial charge >= 0.3 is 0 Å². The molecule has 0 radical (unpaired) electrons. The van der Waals surface area contributed by atoms with Crippen LogP contribution in [0.15, 0.2) is 39.4 Å². The Morgan fingerprint density at radius 3 is 3.07 bits per heavy atom. The predicted molar refractivity (Wildman–Crippen MR) is 108 cm³/mol. The Balaban J connectivity index is 1.17. The lowest BCUT2D eigenvalue weighted by molar-refractivity contribution is -0.121. The maximum Gasteiger partial charge on any atom is 0.248 e. The number of nitrogens with one attached hydrogen (secondary N) is 2. The molecule has 9 heteroatoms. The number of carbonyl (C=O) groups is 2. The van der Waals surface area contributed by atoms with E-state index in [1.54, 1.807) is 11.3 Å². The van der Waals surface area contributed by atoms with Crippen molar-refractivity contribution in [1.82, 2.24) is 15.5 Å². The lowest BCUT2D eigenvalue weighted by Gasteiger charge is -2.17. The number of aromatic nitrogens is 2. The zero-order chi connectivity index (χ0) is 20.1. The summed E-state index contributed by atoms with van der Waals surface area (Å²) in [6.45, 7) is 0.760. The maximum atomic E-state index is 12.0. The monoisotopic (exact) mass is 412 g/mol. The zero-order valence-electron chi connectivity index (χ0n) is 15.6. The predicted octanol–water partition coefficient (Wildman–Crippen LogP) is 2.81. The third-order valence-electron chi connectivity index (χ3n) is 4.47. The minimum atomic E-state index is -0.1000. The number of amides is 2. The van der Waals surface area contributed by atoms with Crippen molar-refractivity contribution < 1.29 is 18.7 Å². The lowest BCUT2D eigenvalue weighted by Crippen LogP contribution is -2.28. The van der Waals surface area contributed by atoms with Gasteiger partial charge < -0.3 is 19.8 Å². The highest BCUT2D eigenvalue weighted by Crippen LogP contribution is 2.26. The molecule has 1 aliphatic heterocycles. The Bertz CT molecular complexity index is 1000. The molecule has 2 amide bonds. The molecule has 3 heterocycles. The molecule has 0 unspecified atom stereocenters. The summed E-state index contributed by atoms with van der Waals surface area (Å²) in [6.07, 6.45) is 1.85. The standard InChI is InChI=1S/C20H20N4O4S/c25-17(5-6-19-23-24-20(28-19)14-7-10-29-12-14)21-8-9-27-15-2-3-16-13(11-15)1-4-18(26)22-16/h2-3,7,10-12H,1,4-6,8-9H2,(H,21,25)(H,22,26). The first-order valence-electron chi connectivity index (χ1n) is 9.34. The van der Waals surface area contributed by atoms with Crippen LogP contribution in [-0.4, -0.2) is 35.2 Å². The molecule has 0 saturated carbocycles.